The van der Waals surface area contributed by atoms with Crippen LogP contribution in [0.1, 0.15) is 29.6 Å². The summed E-state index contributed by atoms with van der Waals surface area (Å²) in [6, 6.07) is -2.01. The molecule has 176 valence electrons. The third-order valence-electron chi connectivity index (χ3n) is 5.26. The van der Waals surface area contributed by atoms with Crippen molar-refractivity contribution in [2.75, 3.05) is 0 Å². The molecule has 32 heavy (non-hydrogen) atoms. The number of carbonyl (C=O) groups is 4. The first kappa shape index (κ1) is 25.6. The van der Waals surface area contributed by atoms with Crippen LogP contribution in [-0.4, -0.2) is 79.1 Å². The first-order chi connectivity index (χ1) is 14.8. The lowest BCUT2D eigenvalue weighted by Gasteiger charge is -2.33. The Morgan fingerprint density at radius 1 is 1.16 bits per heavy atom. The minimum Gasteiger partial charge on any atom is -0.505 e. The van der Waals surface area contributed by atoms with Crippen LogP contribution in [0.3, 0.4) is 0 Å². The standard InChI is InChI=1S/C18H21Cl2N3O9/c19-8-3-6(4-9(20)12(8)24)14(26)22-10(15(27)28)5-7-1-2-18(23-7,17(31)32)13(25)11(21)16(29)30/h3-4,7,10-11,13,23-25H,1-2,5,21H2,(H,22,26)(H,27,28)(H,29,30)(H,31,32)/t7-,10?,11+,13-,18+/m0/s1. The van der Waals surface area contributed by atoms with Gasteiger partial charge in [-0.1, -0.05) is 23.2 Å². The SMILES string of the molecule is N[C@@H](C(=O)O)[C@H](O)[C@@]1(C(=O)O)CC[C@@H](CC(NC(=O)c2cc(Cl)c(O)c(Cl)c2)C(=O)O)N1. The second-order valence-corrected chi connectivity index (χ2v) is 8.17. The molecule has 1 unspecified atom stereocenters. The predicted octanol–water partition coefficient (Wildman–Crippen LogP) is -0.380. The van der Waals surface area contributed by atoms with Gasteiger partial charge in [0.1, 0.15) is 23.7 Å². The maximum Gasteiger partial charge on any atom is 0.326 e. The Morgan fingerprint density at radius 3 is 2.19 bits per heavy atom. The van der Waals surface area contributed by atoms with Crippen LogP contribution in [0.2, 0.25) is 10.0 Å². The maximum atomic E-state index is 12.4. The third-order valence-corrected chi connectivity index (χ3v) is 5.84. The maximum absolute atomic E-state index is 12.4. The summed E-state index contributed by atoms with van der Waals surface area (Å²) in [4.78, 5) is 47.0. The number of nitrogens with one attached hydrogen (secondary N) is 2. The lowest BCUT2D eigenvalue weighted by molar-refractivity contribution is -0.153. The number of phenols is 1. The number of aromatic hydroxyl groups is 1. The Labute approximate surface area is 190 Å². The number of carboxylic acids is 3. The van der Waals surface area contributed by atoms with E-state index in [2.05, 4.69) is 10.6 Å². The van der Waals surface area contributed by atoms with E-state index in [4.69, 9.17) is 34.0 Å². The fourth-order valence-electron chi connectivity index (χ4n) is 3.50. The van der Waals surface area contributed by atoms with Gasteiger partial charge in [0, 0.05) is 11.6 Å². The molecular formula is C18H21Cl2N3O9. The van der Waals surface area contributed by atoms with E-state index in [1.807, 2.05) is 0 Å². The Kier molecular flexibility index (Phi) is 7.91. The van der Waals surface area contributed by atoms with Gasteiger partial charge in [0.25, 0.3) is 5.91 Å². The summed E-state index contributed by atoms with van der Waals surface area (Å²) in [5, 5.41) is 52.3. The first-order valence-electron chi connectivity index (χ1n) is 9.19. The van der Waals surface area contributed by atoms with Crippen molar-refractivity contribution in [3.8, 4) is 5.75 Å². The van der Waals surface area contributed by atoms with Crippen molar-refractivity contribution in [1.29, 1.82) is 0 Å². The van der Waals surface area contributed by atoms with Gasteiger partial charge in [-0.05, 0) is 31.4 Å². The highest BCUT2D eigenvalue weighted by Crippen LogP contribution is 2.33. The van der Waals surface area contributed by atoms with E-state index < -0.39 is 59.3 Å². The second-order valence-electron chi connectivity index (χ2n) is 7.35. The molecule has 1 aromatic carbocycles. The molecule has 1 aliphatic rings. The Hall–Kier alpha value is -2.64. The minimum absolute atomic E-state index is 0.0617. The van der Waals surface area contributed by atoms with Crippen LogP contribution in [-0.2, 0) is 14.4 Å². The van der Waals surface area contributed by atoms with Crippen LogP contribution in [0.5, 0.6) is 5.75 Å². The summed E-state index contributed by atoms with van der Waals surface area (Å²) in [5.41, 5.74) is 3.16. The summed E-state index contributed by atoms with van der Waals surface area (Å²) >= 11 is 11.5. The van der Waals surface area contributed by atoms with Gasteiger partial charge in [-0.3, -0.25) is 19.7 Å². The highest BCUT2D eigenvalue weighted by molar-refractivity contribution is 6.37. The topological polar surface area (TPSA) is 220 Å². The number of phenolic OH excluding ortho intramolecular Hbond substituents is 1. The van der Waals surface area contributed by atoms with E-state index in [1.54, 1.807) is 0 Å². The third kappa shape index (κ3) is 5.22. The largest absolute Gasteiger partial charge is 0.505 e. The number of carboxylic acid groups (broad SMARTS) is 3. The van der Waals surface area contributed by atoms with Crippen molar-refractivity contribution in [1.82, 2.24) is 10.6 Å². The lowest BCUT2D eigenvalue weighted by atomic mass is 9.86. The molecule has 1 aliphatic heterocycles. The normalized spacial score (nSPS) is 23.2. The molecule has 9 N–H and O–H groups in total. The number of hydrogen-bond acceptors (Lipinski definition) is 8. The van der Waals surface area contributed by atoms with Crippen molar-refractivity contribution in [2.45, 2.75) is 49.0 Å². The Bertz CT molecular complexity index is 921. The smallest absolute Gasteiger partial charge is 0.326 e. The molecule has 0 bridgehead atoms. The van der Waals surface area contributed by atoms with E-state index in [0.29, 0.717) is 0 Å². The second kappa shape index (κ2) is 9.88. The highest BCUT2D eigenvalue weighted by atomic mass is 35.5. The minimum atomic E-state index is -2.10. The molecule has 1 fully saturated rings. The molecule has 1 amide bonds. The first-order valence-corrected chi connectivity index (χ1v) is 9.95. The molecule has 12 nitrogen and oxygen atoms in total. The summed E-state index contributed by atoms with van der Waals surface area (Å²) in [5.74, 6) is -5.89. The molecule has 1 heterocycles. The molecule has 0 aliphatic carbocycles. The van der Waals surface area contributed by atoms with Crippen LogP contribution in [0, 0.1) is 0 Å². The number of aliphatic hydroxyl groups is 1. The van der Waals surface area contributed by atoms with Gasteiger partial charge in [-0.2, -0.15) is 0 Å². The van der Waals surface area contributed by atoms with E-state index in [1.165, 1.54) is 0 Å². The quantitative estimate of drug-likeness (QED) is 0.221. The number of hydrogen-bond donors (Lipinski definition) is 8. The van der Waals surface area contributed by atoms with Crippen molar-refractivity contribution < 1.29 is 44.7 Å². The molecular weight excluding hydrogens is 473 g/mol. The molecule has 2 rings (SSSR count). The molecule has 1 saturated heterocycles. The van der Waals surface area contributed by atoms with Crippen molar-refractivity contribution >= 4 is 47.0 Å². The van der Waals surface area contributed by atoms with Gasteiger partial charge in [-0.25, -0.2) is 4.79 Å². The number of aliphatic hydroxyl groups excluding tert-OH is 1. The van der Waals surface area contributed by atoms with E-state index in [9.17, 15) is 39.6 Å². The summed E-state index contributed by atoms with van der Waals surface area (Å²) < 4.78 is 0. The fourth-order valence-corrected chi connectivity index (χ4v) is 3.99. The zero-order chi connectivity index (χ0) is 24.4. The van der Waals surface area contributed by atoms with Gasteiger partial charge in [0.15, 0.2) is 5.75 Å². The van der Waals surface area contributed by atoms with E-state index in [-0.39, 0.29) is 34.9 Å². The highest BCUT2D eigenvalue weighted by Gasteiger charge is 2.54. The van der Waals surface area contributed by atoms with Gasteiger partial charge in [0.05, 0.1) is 10.0 Å². The van der Waals surface area contributed by atoms with Crippen molar-refractivity contribution in [3.63, 3.8) is 0 Å². The van der Waals surface area contributed by atoms with Crippen LogP contribution in [0.25, 0.3) is 0 Å². The van der Waals surface area contributed by atoms with Gasteiger partial charge in [0.2, 0.25) is 0 Å². The molecule has 1 aromatic rings. The average Bonchev–Trinajstić information content (AvgIpc) is 3.15. The van der Waals surface area contributed by atoms with Crippen LogP contribution in [0.15, 0.2) is 12.1 Å². The number of carbonyl (C=O) groups excluding carboxylic acids is 1. The molecule has 14 heteroatoms. The van der Waals surface area contributed by atoms with E-state index >= 15 is 0 Å². The number of aliphatic carboxylic acids is 3. The van der Waals surface area contributed by atoms with Gasteiger partial charge in [-0.15, -0.1) is 0 Å². The monoisotopic (exact) mass is 493 g/mol. The van der Waals surface area contributed by atoms with Crippen LogP contribution >= 0.6 is 23.2 Å². The molecule has 0 spiro atoms. The number of halogens is 2. The zero-order valence-electron chi connectivity index (χ0n) is 16.3. The van der Waals surface area contributed by atoms with Crippen LogP contribution < -0.4 is 16.4 Å². The fraction of sp³-hybridized carbons (Fsp3) is 0.444. The molecule has 5 atom stereocenters. The number of benzene rings is 1. The summed E-state index contributed by atoms with van der Waals surface area (Å²) in [7, 11) is 0. The number of nitrogens with two attached hydrogens (primary N) is 1. The Balaban J connectivity index is 2.17. The van der Waals surface area contributed by atoms with E-state index in [0.717, 1.165) is 12.1 Å². The lowest BCUT2D eigenvalue weighted by Crippen LogP contribution is -2.65. The molecule has 0 aromatic heterocycles. The number of amides is 1. The van der Waals surface area contributed by atoms with Gasteiger partial charge >= 0.3 is 17.9 Å². The van der Waals surface area contributed by atoms with Crippen molar-refractivity contribution in [2.24, 2.45) is 5.73 Å². The van der Waals surface area contributed by atoms with Crippen LogP contribution in [0.4, 0.5) is 0 Å². The predicted molar refractivity (Wildman–Crippen MR) is 110 cm³/mol. The molecule has 0 radical (unpaired) electrons. The average molecular weight is 494 g/mol. The zero-order valence-corrected chi connectivity index (χ0v) is 17.8. The van der Waals surface area contributed by atoms with Crippen molar-refractivity contribution in [3.05, 3.63) is 27.7 Å². The van der Waals surface area contributed by atoms with Gasteiger partial charge < -0.3 is 36.6 Å². The summed E-state index contributed by atoms with van der Waals surface area (Å²) in [6.07, 6.45) is -2.45. The Morgan fingerprint density at radius 2 is 1.72 bits per heavy atom. The molecule has 0 saturated carbocycles. The summed E-state index contributed by atoms with van der Waals surface area (Å²) in [6.45, 7) is 0. The number of rotatable bonds is 9.